The number of hydrogen-bond acceptors (Lipinski definition) is 2. The first-order valence-corrected chi connectivity index (χ1v) is 6.20. The number of aryl methyl sites for hydroxylation is 1. The minimum atomic E-state index is 0. The van der Waals surface area contributed by atoms with Gasteiger partial charge in [-0.15, -0.1) is 0 Å². The molecule has 0 aliphatic carbocycles. The molecule has 1 aromatic heterocycles. The van der Waals surface area contributed by atoms with Gasteiger partial charge in [0.25, 0.3) is 5.01 Å². The van der Waals surface area contributed by atoms with E-state index in [1.165, 1.54) is 15.2 Å². The van der Waals surface area contributed by atoms with Gasteiger partial charge in [-0.1, -0.05) is 22.9 Å². The van der Waals surface area contributed by atoms with Gasteiger partial charge in [0.2, 0.25) is 5.52 Å². The van der Waals surface area contributed by atoms with Crippen molar-refractivity contribution in [3.63, 3.8) is 0 Å². The predicted octanol–water partition coefficient (Wildman–Crippen LogP) is -0.0845. The Labute approximate surface area is 117 Å². The van der Waals surface area contributed by atoms with Crippen molar-refractivity contribution in [2.45, 2.75) is 0 Å². The van der Waals surface area contributed by atoms with Crippen molar-refractivity contribution in [2.75, 3.05) is 14.1 Å². The Morgan fingerprint density at radius 2 is 2.06 bits per heavy atom. The van der Waals surface area contributed by atoms with Gasteiger partial charge in [0.05, 0.1) is 0 Å². The minimum absolute atomic E-state index is 0. The minimum Gasteiger partial charge on any atom is -1.00 e. The van der Waals surface area contributed by atoms with Gasteiger partial charge in [-0.3, -0.25) is 0 Å². The molecule has 17 heavy (non-hydrogen) atoms. The lowest BCUT2D eigenvalue weighted by molar-refractivity contribution is -0.642. The molecule has 0 aliphatic heterocycles. The quantitative estimate of drug-likeness (QED) is 0.701. The Hall–Kier alpha value is -0.770. The molecule has 0 saturated heterocycles. The van der Waals surface area contributed by atoms with Crippen LogP contribution in [0.5, 0.6) is 0 Å². The molecule has 1 heterocycles. The first kappa shape index (κ1) is 14.3. The van der Waals surface area contributed by atoms with E-state index < -0.39 is 0 Å². The molecule has 2 nitrogen and oxygen atoms in total. The van der Waals surface area contributed by atoms with E-state index in [0.717, 1.165) is 5.02 Å². The summed E-state index contributed by atoms with van der Waals surface area (Å²) < 4.78 is 3.39. The SMILES string of the molecule is CN(C)C=Cc1sc2cc(Cl)ccc2[n+]1C.[Cl-]. The zero-order chi connectivity index (χ0) is 11.7. The summed E-state index contributed by atoms with van der Waals surface area (Å²) in [5.74, 6) is 0. The van der Waals surface area contributed by atoms with Crippen LogP contribution >= 0.6 is 22.9 Å². The molecule has 0 atom stereocenters. The molecule has 0 bridgehead atoms. The smallest absolute Gasteiger partial charge is 0.263 e. The second-order valence-corrected chi connectivity index (χ2v) is 5.39. The van der Waals surface area contributed by atoms with E-state index in [-0.39, 0.29) is 12.4 Å². The van der Waals surface area contributed by atoms with Crippen molar-refractivity contribution in [1.29, 1.82) is 0 Å². The highest BCUT2D eigenvalue weighted by Crippen LogP contribution is 2.24. The Morgan fingerprint density at radius 1 is 1.35 bits per heavy atom. The highest BCUT2D eigenvalue weighted by Gasteiger charge is 2.14. The molecular formula is C12H14Cl2N2S. The fraction of sp³-hybridized carbons (Fsp3) is 0.250. The molecule has 5 heteroatoms. The van der Waals surface area contributed by atoms with Gasteiger partial charge < -0.3 is 17.3 Å². The fourth-order valence-electron chi connectivity index (χ4n) is 1.51. The van der Waals surface area contributed by atoms with Crippen molar-refractivity contribution in [3.05, 3.63) is 34.4 Å². The van der Waals surface area contributed by atoms with E-state index in [2.05, 4.69) is 23.8 Å². The summed E-state index contributed by atoms with van der Waals surface area (Å²) in [4.78, 5) is 2.03. The Balaban J connectivity index is 0.00000144. The fourth-order valence-corrected chi connectivity index (χ4v) is 2.83. The standard InChI is InChI=1S/C12H14ClN2S.ClH/c1-14(2)7-6-12-15(3)10-5-4-9(13)8-11(10)16-12;/h4-8H,1-3H3;1H/q+1;/p-1. The van der Waals surface area contributed by atoms with Crippen molar-refractivity contribution in [2.24, 2.45) is 7.05 Å². The van der Waals surface area contributed by atoms with Crippen molar-refractivity contribution in [1.82, 2.24) is 4.90 Å². The van der Waals surface area contributed by atoms with E-state index in [9.17, 15) is 0 Å². The second kappa shape index (κ2) is 5.71. The maximum Gasteiger partial charge on any atom is 0.263 e. The van der Waals surface area contributed by atoms with Gasteiger partial charge in [-0.25, -0.2) is 0 Å². The van der Waals surface area contributed by atoms with Crippen LogP contribution in [0.4, 0.5) is 0 Å². The molecule has 0 amide bonds. The maximum atomic E-state index is 5.98. The molecule has 0 radical (unpaired) electrons. The Morgan fingerprint density at radius 3 is 2.71 bits per heavy atom. The summed E-state index contributed by atoms with van der Waals surface area (Å²) in [5, 5.41) is 2.00. The number of fused-ring (bicyclic) bond motifs is 1. The van der Waals surface area contributed by atoms with Crippen LogP contribution in [-0.2, 0) is 7.05 Å². The summed E-state index contributed by atoms with van der Waals surface area (Å²) in [7, 11) is 6.10. The zero-order valence-corrected chi connectivity index (χ0v) is 12.3. The summed E-state index contributed by atoms with van der Waals surface area (Å²) in [5.41, 5.74) is 1.22. The first-order valence-electron chi connectivity index (χ1n) is 5.00. The van der Waals surface area contributed by atoms with Crippen molar-refractivity contribution < 1.29 is 17.0 Å². The van der Waals surface area contributed by atoms with Gasteiger partial charge in [0, 0.05) is 37.5 Å². The normalized spacial score (nSPS) is 10.8. The summed E-state index contributed by atoms with van der Waals surface area (Å²) >= 11 is 7.72. The van der Waals surface area contributed by atoms with Gasteiger partial charge in [0.15, 0.2) is 0 Å². The Kier molecular flexibility index (Phi) is 4.80. The lowest BCUT2D eigenvalue weighted by atomic mass is 10.3. The third-order valence-corrected chi connectivity index (χ3v) is 3.74. The van der Waals surface area contributed by atoms with Crippen LogP contribution < -0.4 is 17.0 Å². The summed E-state index contributed by atoms with van der Waals surface area (Å²) in [6.45, 7) is 0. The number of thiazole rings is 1. The summed E-state index contributed by atoms with van der Waals surface area (Å²) in [6.07, 6.45) is 4.16. The number of hydrogen-bond donors (Lipinski definition) is 0. The molecular weight excluding hydrogens is 275 g/mol. The molecule has 2 aromatic rings. The second-order valence-electron chi connectivity index (χ2n) is 3.89. The van der Waals surface area contributed by atoms with E-state index in [1.54, 1.807) is 11.3 Å². The summed E-state index contributed by atoms with van der Waals surface area (Å²) in [6, 6.07) is 5.99. The highest BCUT2D eigenvalue weighted by atomic mass is 35.5. The molecule has 0 saturated carbocycles. The number of rotatable bonds is 2. The third kappa shape index (κ3) is 3.12. The molecule has 0 aliphatic rings. The molecule has 0 unspecified atom stereocenters. The largest absolute Gasteiger partial charge is 1.00 e. The zero-order valence-electron chi connectivity index (χ0n) is 9.95. The topological polar surface area (TPSA) is 7.12 Å². The maximum absolute atomic E-state index is 5.98. The third-order valence-electron chi connectivity index (χ3n) is 2.34. The van der Waals surface area contributed by atoms with Crippen molar-refractivity contribution >= 4 is 39.2 Å². The van der Waals surface area contributed by atoms with Crippen LogP contribution in [0.15, 0.2) is 24.4 Å². The van der Waals surface area contributed by atoms with E-state index >= 15 is 0 Å². The molecule has 92 valence electrons. The van der Waals surface area contributed by atoms with Crippen LogP contribution in [0.25, 0.3) is 16.3 Å². The first-order chi connectivity index (χ1) is 7.58. The van der Waals surface area contributed by atoms with E-state index in [0.29, 0.717) is 0 Å². The molecule has 2 rings (SSSR count). The van der Waals surface area contributed by atoms with Crippen molar-refractivity contribution in [3.8, 4) is 0 Å². The van der Waals surface area contributed by atoms with Crippen LogP contribution in [0.2, 0.25) is 5.02 Å². The number of nitrogens with zero attached hydrogens (tertiary/aromatic N) is 2. The van der Waals surface area contributed by atoms with Gasteiger partial charge in [-0.2, -0.15) is 4.57 Å². The molecule has 0 N–H and O–H groups in total. The lowest BCUT2D eigenvalue weighted by Gasteiger charge is -2.00. The molecule has 0 spiro atoms. The highest BCUT2D eigenvalue weighted by molar-refractivity contribution is 7.18. The number of halogens is 2. The van der Waals surface area contributed by atoms with Crippen LogP contribution in [0.1, 0.15) is 5.01 Å². The van der Waals surface area contributed by atoms with Crippen LogP contribution in [0, 0.1) is 0 Å². The average Bonchev–Trinajstić information content (AvgIpc) is 2.52. The monoisotopic (exact) mass is 288 g/mol. The van der Waals surface area contributed by atoms with Gasteiger partial charge >= 0.3 is 0 Å². The van der Waals surface area contributed by atoms with Crippen LogP contribution in [0.3, 0.4) is 0 Å². The number of aromatic nitrogens is 1. The Bertz CT molecular complexity index is 547. The average molecular weight is 289 g/mol. The van der Waals surface area contributed by atoms with E-state index in [1.807, 2.05) is 37.3 Å². The van der Waals surface area contributed by atoms with Gasteiger partial charge in [-0.05, 0) is 12.1 Å². The lowest BCUT2D eigenvalue weighted by Crippen LogP contribution is -3.00. The molecule has 1 aromatic carbocycles. The molecule has 0 fully saturated rings. The van der Waals surface area contributed by atoms with E-state index in [4.69, 9.17) is 11.6 Å². The number of benzene rings is 1. The van der Waals surface area contributed by atoms with Gasteiger partial charge in [0.1, 0.15) is 11.7 Å². The predicted molar refractivity (Wildman–Crippen MR) is 70.7 cm³/mol. The van der Waals surface area contributed by atoms with Crippen LogP contribution in [-0.4, -0.2) is 19.0 Å².